The molecule has 1 aromatic rings. The molecule has 6 aliphatic rings. The number of ketones is 1. The Morgan fingerprint density at radius 2 is 1.76 bits per heavy atom. The molecule has 9 atom stereocenters. The zero-order valence-electron chi connectivity index (χ0n) is 19.9. The third-order valence-corrected chi connectivity index (χ3v) is 10.7. The first-order valence-electron chi connectivity index (χ1n) is 12.3. The Hall–Kier alpha value is -2.19. The zero-order valence-corrected chi connectivity index (χ0v) is 19.9. The summed E-state index contributed by atoms with van der Waals surface area (Å²) in [5.41, 5.74) is -2.78. The van der Waals surface area contributed by atoms with Crippen molar-refractivity contribution in [3.05, 3.63) is 24.2 Å². The Balaban J connectivity index is 1.41. The first kappa shape index (κ1) is 21.1. The van der Waals surface area contributed by atoms with Gasteiger partial charge in [0.1, 0.15) is 24.1 Å². The molecule has 8 heteroatoms. The third kappa shape index (κ3) is 2.02. The molecule has 2 saturated carbocycles. The largest absolute Gasteiger partial charge is 0.472 e. The number of epoxide rings is 1. The van der Waals surface area contributed by atoms with Crippen LogP contribution in [0.2, 0.25) is 0 Å². The summed E-state index contributed by atoms with van der Waals surface area (Å²) in [5.74, 6) is -0.780. The van der Waals surface area contributed by atoms with Crippen LogP contribution in [-0.4, -0.2) is 47.7 Å². The molecule has 1 aromatic heterocycles. The van der Waals surface area contributed by atoms with Gasteiger partial charge in [-0.2, -0.15) is 0 Å². The molecule has 0 N–H and O–H groups in total. The Labute approximate surface area is 197 Å². The summed E-state index contributed by atoms with van der Waals surface area (Å²) in [6, 6.07) is 1.81. The highest BCUT2D eigenvalue weighted by Gasteiger charge is 2.89. The van der Waals surface area contributed by atoms with E-state index in [1.807, 2.05) is 26.8 Å². The van der Waals surface area contributed by atoms with Gasteiger partial charge in [-0.25, -0.2) is 4.79 Å². The molecule has 0 aromatic carbocycles. The third-order valence-electron chi connectivity index (χ3n) is 10.7. The summed E-state index contributed by atoms with van der Waals surface area (Å²) in [6.07, 6.45) is 3.46. The normalized spacial score (nSPS) is 52.4. The highest BCUT2D eigenvalue weighted by atomic mass is 16.7. The SMILES string of the molecule is CC1(C)O[C@@H]2CC(=O)OC[C@]23[C@H]2CC[C@@]4(C)[C@@H](c5ccoc5)OC(=O)[C@H]5O[C@]54[C@]2(C)C(=O)C[C@@H]13. The minimum atomic E-state index is -0.976. The number of ether oxygens (including phenoxy) is 4. The van der Waals surface area contributed by atoms with Gasteiger partial charge in [-0.1, -0.05) is 6.92 Å². The number of furan rings is 1. The molecule has 0 unspecified atom stereocenters. The smallest absolute Gasteiger partial charge is 0.339 e. The molecule has 5 heterocycles. The Morgan fingerprint density at radius 3 is 2.50 bits per heavy atom. The monoisotopic (exact) mass is 470 g/mol. The summed E-state index contributed by atoms with van der Waals surface area (Å²) in [4.78, 5) is 39.7. The predicted molar refractivity (Wildman–Crippen MR) is 114 cm³/mol. The lowest BCUT2D eigenvalue weighted by Crippen LogP contribution is -2.72. The maximum atomic E-state index is 14.2. The van der Waals surface area contributed by atoms with Crippen LogP contribution in [0, 0.1) is 28.1 Å². The molecule has 182 valence electrons. The fourth-order valence-corrected chi connectivity index (χ4v) is 9.34. The van der Waals surface area contributed by atoms with Gasteiger partial charge in [0.25, 0.3) is 0 Å². The number of esters is 2. The van der Waals surface area contributed by atoms with E-state index in [-0.39, 0.29) is 42.7 Å². The second kappa shape index (κ2) is 5.95. The van der Waals surface area contributed by atoms with Crippen molar-refractivity contribution < 1.29 is 37.7 Å². The molecule has 6 fully saturated rings. The van der Waals surface area contributed by atoms with Crippen LogP contribution in [0.1, 0.15) is 65.0 Å². The first-order chi connectivity index (χ1) is 16.0. The van der Waals surface area contributed by atoms with E-state index in [0.717, 1.165) is 12.0 Å². The number of carbonyl (C=O) groups is 3. The Bertz CT molecular complexity index is 1120. The van der Waals surface area contributed by atoms with Crippen molar-refractivity contribution in [1.82, 2.24) is 0 Å². The standard InChI is InChI=1S/C26H30O8/c1-22(2)15-9-16(27)24(4)14(25(15)12-31-18(28)10-17(25)33-22)5-7-23(3)19(13-6-8-30-11-13)32-21(29)20-26(23,24)34-20/h6,8,11,14-15,17,19-20H,5,7,9-10,12H2,1-4H3/t14-,15-,17+,19+,20+,23-,24-,25+,26+/m0/s1. The van der Waals surface area contributed by atoms with Crippen molar-refractivity contribution in [2.24, 2.45) is 28.1 Å². The van der Waals surface area contributed by atoms with Gasteiger partial charge in [0.2, 0.25) is 0 Å². The van der Waals surface area contributed by atoms with Gasteiger partial charge in [-0.05, 0) is 45.6 Å². The molecular formula is C26H30O8. The minimum Gasteiger partial charge on any atom is -0.472 e. The average molecular weight is 471 g/mol. The summed E-state index contributed by atoms with van der Waals surface area (Å²) in [7, 11) is 0. The highest BCUT2D eigenvalue weighted by molar-refractivity contribution is 5.93. The van der Waals surface area contributed by atoms with Crippen molar-refractivity contribution >= 4 is 17.7 Å². The van der Waals surface area contributed by atoms with Crippen molar-refractivity contribution in [1.29, 1.82) is 0 Å². The van der Waals surface area contributed by atoms with Crippen LogP contribution in [0.15, 0.2) is 23.0 Å². The van der Waals surface area contributed by atoms with Crippen molar-refractivity contribution in [2.45, 2.75) is 82.9 Å². The molecule has 2 spiro atoms. The molecule has 0 bridgehead atoms. The quantitative estimate of drug-likeness (QED) is 0.455. The van der Waals surface area contributed by atoms with Gasteiger partial charge in [-0.15, -0.1) is 0 Å². The van der Waals surface area contributed by atoms with E-state index >= 15 is 0 Å². The molecule has 7 rings (SSSR count). The summed E-state index contributed by atoms with van der Waals surface area (Å²) in [5, 5.41) is 0. The highest BCUT2D eigenvalue weighted by Crippen LogP contribution is 2.79. The van der Waals surface area contributed by atoms with Gasteiger partial charge in [-0.3, -0.25) is 9.59 Å². The summed E-state index contributed by atoms with van der Waals surface area (Å²) in [6.45, 7) is 8.36. The number of fused-ring (bicyclic) bond motifs is 1. The average Bonchev–Trinajstić information content (AvgIpc) is 3.26. The van der Waals surface area contributed by atoms with Crippen LogP contribution >= 0.6 is 0 Å². The molecular weight excluding hydrogens is 440 g/mol. The molecule has 34 heavy (non-hydrogen) atoms. The van der Waals surface area contributed by atoms with Gasteiger partial charge >= 0.3 is 11.9 Å². The van der Waals surface area contributed by atoms with Crippen LogP contribution in [0.3, 0.4) is 0 Å². The molecule has 0 radical (unpaired) electrons. The van der Waals surface area contributed by atoms with Gasteiger partial charge in [0, 0.05) is 28.7 Å². The lowest BCUT2D eigenvalue weighted by molar-refractivity contribution is -0.225. The van der Waals surface area contributed by atoms with Crippen molar-refractivity contribution in [2.75, 3.05) is 6.61 Å². The van der Waals surface area contributed by atoms with E-state index in [9.17, 15) is 14.4 Å². The number of hydrogen-bond donors (Lipinski definition) is 0. The maximum Gasteiger partial charge on any atom is 0.339 e. The maximum absolute atomic E-state index is 14.2. The van der Waals surface area contributed by atoms with E-state index in [4.69, 9.17) is 23.4 Å². The van der Waals surface area contributed by atoms with E-state index in [1.54, 1.807) is 12.5 Å². The Morgan fingerprint density at radius 1 is 0.971 bits per heavy atom. The second-order valence-electron chi connectivity index (χ2n) is 12.2. The van der Waals surface area contributed by atoms with Crippen LogP contribution in [-0.2, 0) is 33.3 Å². The lowest BCUT2D eigenvalue weighted by Gasteiger charge is -2.65. The van der Waals surface area contributed by atoms with Gasteiger partial charge in [0.05, 0.1) is 36.1 Å². The molecule has 2 aliphatic carbocycles. The number of carbonyl (C=O) groups excluding carboxylic acids is 3. The predicted octanol–water partition coefficient (Wildman–Crippen LogP) is 3.14. The van der Waals surface area contributed by atoms with Crippen LogP contribution in [0.4, 0.5) is 0 Å². The Kier molecular flexibility index (Phi) is 3.70. The van der Waals surface area contributed by atoms with Crippen LogP contribution in [0.5, 0.6) is 0 Å². The van der Waals surface area contributed by atoms with Gasteiger partial charge in [0.15, 0.2) is 6.10 Å². The molecule has 0 amide bonds. The number of cyclic esters (lactones) is 2. The van der Waals surface area contributed by atoms with Crippen molar-refractivity contribution in [3.8, 4) is 0 Å². The van der Waals surface area contributed by atoms with Crippen molar-refractivity contribution in [3.63, 3.8) is 0 Å². The molecule has 4 aliphatic heterocycles. The molecule has 8 nitrogen and oxygen atoms in total. The minimum absolute atomic E-state index is 0.0677. The van der Waals surface area contributed by atoms with Gasteiger partial charge < -0.3 is 23.4 Å². The molecule has 4 saturated heterocycles. The fourth-order valence-electron chi connectivity index (χ4n) is 9.34. The van der Waals surface area contributed by atoms with E-state index in [2.05, 4.69) is 6.92 Å². The van der Waals surface area contributed by atoms with E-state index in [0.29, 0.717) is 12.8 Å². The number of hydrogen-bond acceptors (Lipinski definition) is 8. The fraction of sp³-hybridized carbons (Fsp3) is 0.731. The summed E-state index contributed by atoms with van der Waals surface area (Å²) < 4.78 is 29.8. The zero-order chi connectivity index (χ0) is 23.9. The number of Topliss-reactive ketones (excluding diaryl/α,β-unsaturated/α-hetero) is 1. The second-order valence-corrected chi connectivity index (χ2v) is 12.2. The topological polar surface area (TPSA) is 105 Å². The van der Waals surface area contributed by atoms with Crippen LogP contribution in [0.25, 0.3) is 0 Å². The van der Waals surface area contributed by atoms with Crippen LogP contribution < -0.4 is 0 Å². The lowest BCUT2D eigenvalue weighted by atomic mass is 9.37. The van der Waals surface area contributed by atoms with E-state index in [1.165, 1.54) is 0 Å². The van der Waals surface area contributed by atoms with E-state index < -0.39 is 45.6 Å². The number of rotatable bonds is 1. The first-order valence-corrected chi connectivity index (χ1v) is 12.3. The summed E-state index contributed by atoms with van der Waals surface area (Å²) >= 11 is 0.